The van der Waals surface area contributed by atoms with Crippen molar-refractivity contribution in [3.63, 3.8) is 0 Å². The SMILES string of the molecule is Cc1ccc(C(=O)C(C)(C)N2CCCCCC2)c(F)c1F. The van der Waals surface area contributed by atoms with Crippen LogP contribution in [0.25, 0.3) is 0 Å². The van der Waals surface area contributed by atoms with Crippen LogP contribution >= 0.6 is 0 Å². The highest BCUT2D eigenvalue weighted by molar-refractivity contribution is 6.03. The van der Waals surface area contributed by atoms with Crippen molar-refractivity contribution in [2.24, 2.45) is 0 Å². The van der Waals surface area contributed by atoms with E-state index in [9.17, 15) is 13.6 Å². The Balaban J connectivity index is 2.31. The van der Waals surface area contributed by atoms with Gasteiger partial charge in [0.25, 0.3) is 0 Å². The summed E-state index contributed by atoms with van der Waals surface area (Å²) in [7, 11) is 0. The van der Waals surface area contributed by atoms with E-state index in [-0.39, 0.29) is 16.9 Å². The Hall–Kier alpha value is -1.29. The van der Waals surface area contributed by atoms with Crippen molar-refractivity contribution in [1.29, 1.82) is 0 Å². The van der Waals surface area contributed by atoms with Crippen molar-refractivity contribution in [1.82, 2.24) is 4.90 Å². The van der Waals surface area contributed by atoms with Crippen LogP contribution in [0.4, 0.5) is 8.78 Å². The third-order valence-corrected chi connectivity index (χ3v) is 4.47. The summed E-state index contributed by atoms with van der Waals surface area (Å²) in [6.45, 7) is 6.76. The number of nitrogens with zero attached hydrogens (tertiary/aromatic N) is 1. The minimum Gasteiger partial charge on any atom is -0.292 e. The molecule has 0 N–H and O–H groups in total. The van der Waals surface area contributed by atoms with Crippen molar-refractivity contribution in [2.45, 2.75) is 52.0 Å². The van der Waals surface area contributed by atoms with E-state index in [0.29, 0.717) is 0 Å². The Labute approximate surface area is 125 Å². The van der Waals surface area contributed by atoms with Crippen LogP contribution in [0.1, 0.15) is 55.5 Å². The van der Waals surface area contributed by atoms with Gasteiger partial charge in [-0.2, -0.15) is 0 Å². The minimum atomic E-state index is -1.03. The third-order valence-electron chi connectivity index (χ3n) is 4.47. The van der Waals surface area contributed by atoms with Gasteiger partial charge < -0.3 is 0 Å². The molecule has 1 heterocycles. The van der Waals surface area contributed by atoms with Gasteiger partial charge in [-0.15, -0.1) is 0 Å². The Bertz CT molecular complexity index is 532. The lowest BCUT2D eigenvalue weighted by atomic mass is 9.90. The van der Waals surface area contributed by atoms with E-state index in [1.807, 2.05) is 0 Å². The lowest BCUT2D eigenvalue weighted by Gasteiger charge is -2.36. The molecule has 0 radical (unpaired) electrons. The summed E-state index contributed by atoms with van der Waals surface area (Å²) >= 11 is 0. The van der Waals surface area contributed by atoms with E-state index in [0.717, 1.165) is 38.8 Å². The first-order valence-electron chi connectivity index (χ1n) is 7.60. The van der Waals surface area contributed by atoms with Gasteiger partial charge in [-0.25, -0.2) is 8.78 Å². The average Bonchev–Trinajstić information content (AvgIpc) is 2.74. The highest BCUT2D eigenvalue weighted by Crippen LogP contribution is 2.26. The molecule has 1 aliphatic rings. The zero-order valence-corrected chi connectivity index (χ0v) is 13.0. The molecule has 2 rings (SSSR count). The van der Waals surface area contributed by atoms with E-state index in [1.54, 1.807) is 13.8 Å². The Morgan fingerprint density at radius 3 is 2.19 bits per heavy atom. The molecule has 0 spiro atoms. The number of Topliss-reactive ketones (excluding diaryl/α,β-unsaturated/α-hetero) is 1. The molecular formula is C17H23F2NO. The van der Waals surface area contributed by atoms with Crippen molar-refractivity contribution >= 4 is 5.78 Å². The van der Waals surface area contributed by atoms with Crippen molar-refractivity contribution in [3.05, 3.63) is 34.9 Å². The predicted octanol–water partition coefficient (Wildman–Crippen LogP) is 4.11. The van der Waals surface area contributed by atoms with Crippen molar-refractivity contribution < 1.29 is 13.6 Å². The van der Waals surface area contributed by atoms with E-state index < -0.39 is 17.2 Å². The largest absolute Gasteiger partial charge is 0.292 e. The summed E-state index contributed by atoms with van der Waals surface area (Å²) in [5.74, 6) is -2.30. The smallest absolute Gasteiger partial charge is 0.185 e. The number of ketones is 1. The van der Waals surface area contributed by atoms with Gasteiger partial charge in [0.05, 0.1) is 11.1 Å². The maximum absolute atomic E-state index is 14.1. The monoisotopic (exact) mass is 295 g/mol. The second-order valence-corrected chi connectivity index (χ2v) is 6.35. The summed E-state index contributed by atoms with van der Waals surface area (Å²) in [6, 6.07) is 2.86. The summed E-state index contributed by atoms with van der Waals surface area (Å²) in [6.07, 6.45) is 4.41. The van der Waals surface area contributed by atoms with E-state index in [1.165, 1.54) is 19.1 Å². The predicted molar refractivity (Wildman–Crippen MR) is 79.5 cm³/mol. The van der Waals surface area contributed by atoms with Crippen LogP contribution < -0.4 is 0 Å². The molecule has 4 heteroatoms. The summed E-state index contributed by atoms with van der Waals surface area (Å²) < 4.78 is 27.8. The minimum absolute atomic E-state index is 0.146. The van der Waals surface area contributed by atoms with Gasteiger partial charge >= 0.3 is 0 Å². The number of carbonyl (C=O) groups is 1. The maximum atomic E-state index is 14.1. The molecule has 0 atom stereocenters. The van der Waals surface area contributed by atoms with Gasteiger partial charge in [-0.05, 0) is 58.3 Å². The van der Waals surface area contributed by atoms with E-state index in [2.05, 4.69) is 4.90 Å². The molecular weight excluding hydrogens is 272 g/mol. The number of halogens is 2. The van der Waals surface area contributed by atoms with Crippen LogP contribution in [0.3, 0.4) is 0 Å². The normalized spacial score (nSPS) is 17.6. The molecule has 0 bridgehead atoms. The van der Waals surface area contributed by atoms with Crippen LogP contribution in [-0.2, 0) is 0 Å². The Morgan fingerprint density at radius 2 is 1.62 bits per heavy atom. The Kier molecular flexibility index (Phi) is 4.77. The fraction of sp³-hybridized carbons (Fsp3) is 0.588. The first kappa shape index (κ1) is 16.1. The van der Waals surface area contributed by atoms with Gasteiger partial charge in [0.15, 0.2) is 17.4 Å². The average molecular weight is 295 g/mol. The van der Waals surface area contributed by atoms with Gasteiger partial charge in [-0.3, -0.25) is 9.69 Å². The molecule has 116 valence electrons. The lowest BCUT2D eigenvalue weighted by Crippen LogP contribution is -2.50. The molecule has 1 fully saturated rings. The van der Waals surface area contributed by atoms with Crippen LogP contribution in [0.5, 0.6) is 0 Å². The standard InChI is InChI=1S/C17H23F2NO/c1-12-8-9-13(15(19)14(12)18)16(21)17(2,3)20-10-6-4-5-7-11-20/h8-9H,4-7,10-11H2,1-3H3. The first-order valence-corrected chi connectivity index (χ1v) is 7.60. The molecule has 21 heavy (non-hydrogen) atoms. The highest BCUT2D eigenvalue weighted by Gasteiger charge is 2.37. The maximum Gasteiger partial charge on any atom is 0.185 e. The molecule has 1 aliphatic heterocycles. The van der Waals surface area contributed by atoms with Crippen LogP contribution in [0.2, 0.25) is 0 Å². The summed E-state index contributed by atoms with van der Waals surface area (Å²) in [5.41, 5.74) is -0.739. The second kappa shape index (κ2) is 6.22. The zero-order valence-electron chi connectivity index (χ0n) is 13.0. The molecule has 0 unspecified atom stereocenters. The lowest BCUT2D eigenvalue weighted by molar-refractivity contribution is 0.0644. The number of carbonyl (C=O) groups excluding carboxylic acids is 1. The molecule has 0 saturated carbocycles. The molecule has 1 saturated heterocycles. The Morgan fingerprint density at radius 1 is 1.05 bits per heavy atom. The molecule has 0 amide bonds. The summed E-state index contributed by atoms with van der Waals surface area (Å²) in [5, 5.41) is 0. The van der Waals surface area contributed by atoms with Crippen LogP contribution in [0.15, 0.2) is 12.1 Å². The fourth-order valence-corrected chi connectivity index (χ4v) is 2.92. The first-order chi connectivity index (χ1) is 9.85. The number of likely N-dealkylation sites (tertiary alicyclic amines) is 1. The molecule has 1 aromatic carbocycles. The number of benzene rings is 1. The second-order valence-electron chi connectivity index (χ2n) is 6.35. The quantitative estimate of drug-likeness (QED) is 0.782. The molecule has 0 aliphatic carbocycles. The van der Waals surface area contributed by atoms with Crippen LogP contribution in [-0.4, -0.2) is 29.3 Å². The zero-order chi connectivity index (χ0) is 15.6. The van der Waals surface area contributed by atoms with E-state index >= 15 is 0 Å². The fourth-order valence-electron chi connectivity index (χ4n) is 2.92. The number of aryl methyl sites for hydroxylation is 1. The summed E-state index contributed by atoms with van der Waals surface area (Å²) in [4.78, 5) is 14.8. The number of hydrogen-bond donors (Lipinski definition) is 0. The van der Waals surface area contributed by atoms with E-state index in [4.69, 9.17) is 0 Å². The molecule has 0 aromatic heterocycles. The number of hydrogen-bond acceptors (Lipinski definition) is 2. The molecule has 1 aromatic rings. The number of rotatable bonds is 3. The third kappa shape index (κ3) is 3.15. The van der Waals surface area contributed by atoms with Crippen molar-refractivity contribution in [3.8, 4) is 0 Å². The molecule has 2 nitrogen and oxygen atoms in total. The van der Waals surface area contributed by atoms with Gasteiger partial charge in [0, 0.05) is 0 Å². The van der Waals surface area contributed by atoms with Crippen LogP contribution in [0, 0.1) is 18.6 Å². The van der Waals surface area contributed by atoms with Crippen molar-refractivity contribution in [2.75, 3.05) is 13.1 Å². The van der Waals surface area contributed by atoms with Gasteiger partial charge in [-0.1, -0.05) is 18.9 Å². The van der Waals surface area contributed by atoms with Gasteiger partial charge in [0.2, 0.25) is 0 Å². The highest BCUT2D eigenvalue weighted by atomic mass is 19.2. The van der Waals surface area contributed by atoms with Gasteiger partial charge in [0.1, 0.15) is 0 Å². The topological polar surface area (TPSA) is 20.3 Å².